The zero-order valence-electron chi connectivity index (χ0n) is 10.7. The van der Waals surface area contributed by atoms with E-state index in [1.807, 2.05) is 0 Å². The van der Waals surface area contributed by atoms with E-state index in [0.717, 1.165) is 0 Å². The van der Waals surface area contributed by atoms with Crippen molar-refractivity contribution in [1.29, 1.82) is 0 Å². The molecular weight excluding hydrogens is 316 g/mol. The van der Waals surface area contributed by atoms with Crippen molar-refractivity contribution in [3.63, 3.8) is 0 Å². The first-order valence-electron chi connectivity index (χ1n) is 5.94. The monoisotopic (exact) mass is 326 g/mol. The number of sulfonamides is 1. The predicted octanol–water partition coefficient (Wildman–Crippen LogP) is 2.45. The first kappa shape index (κ1) is 13.8. The lowest BCUT2D eigenvalue weighted by Crippen LogP contribution is -2.14. The highest BCUT2D eigenvalue weighted by Gasteiger charge is 2.22. The zero-order chi connectivity index (χ0) is 15.0. The normalized spacial score (nSPS) is 13.2. The van der Waals surface area contributed by atoms with Gasteiger partial charge >= 0.3 is 0 Å². The van der Waals surface area contributed by atoms with Gasteiger partial charge in [0.1, 0.15) is 4.90 Å². The number of anilines is 2. The third-order valence-electron chi connectivity index (χ3n) is 2.92. The quantitative estimate of drug-likeness (QED) is 0.845. The maximum Gasteiger partial charge on any atom is 0.263 e. The lowest BCUT2D eigenvalue weighted by atomic mass is 10.2. The summed E-state index contributed by atoms with van der Waals surface area (Å²) in [6, 6.07) is 9.13. The Hall–Kier alpha value is -2.12. The molecule has 1 aliphatic heterocycles. The van der Waals surface area contributed by atoms with Gasteiger partial charge in [0.2, 0.25) is 6.79 Å². The molecule has 1 aliphatic rings. The number of nitrogens with two attached hydrogens (primary N) is 1. The minimum atomic E-state index is -3.84. The Morgan fingerprint density at radius 2 is 1.81 bits per heavy atom. The highest BCUT2D eigenvalue weighted by atomic mass is 35.5. The average Bonchev–Trinajstić information content (AvgIpc) is 2.86. The second-order valence-corrected chi connectivity index (χ2v) is 6.39. The number of ether oxygens (including phenoxy) is 2. The third kappa shape index (κ3) is 2.57. The van der Waals surface area contributed by atoms with Crippen LogP contribution in [0.25, 0.3) is 0 Å². The fourth-order valence-electron chi connectivity index (χ4n) is 1.91. The number of hydrogen-bond acceptors (Lipinski definition) is 5. The van der Waals surface area contributed by atoms with Gasteiger partial charge < -0.3 is 15.2 Å². The van der Waals surface area contributed by atoms with Gasteiger partial charge in [-0.15, -0.1) is 0 Å². The Morgan fingerprint density at radius 1 is 1.14 bits per heavy atom. The van der Waals surface area contributed by atoms with Crippen LogP contribution in [0.4, 0.5) is 11.4 Å². The minimum absolute atomic E-state index is 0.0243. The fraction of sp³-hybridized carbons (Fsp3) is 0.0769. The number of benzene rings is 2. The molecule has 2 aromatic rings. The zero-order valence-corrected chi connectivity index (χ0v) is 12.2. The summed E-state index contributed by atoms with van der Waals surface area (Å²) in [6.07, 6.45) is 0. The van der Waals surface area contributed by atoms with Crippen LogP contribution in [-0.2, 0) is 10.0 Å². The van der Waals surface area contributed by atoms with Gasteiger partial charge in [0.05, 0.1) is 16.4 Å². The van der Waals surface area contributed by atoms with Crippen molar-refractivity contribution in [2.24, 2.45) is 0 Å². The highest BCUT2D eigenvalue weighted by Crippen LogP contribution is 2.39. The Bertz CT molecular complexity index is 808. The summed E-state index contributed by atoms with van der Waals surface area (Å²) in [5.41, 5.74) is 6.26. The van der Waals surface area contributed by atoms with E-state index in [4.69, 9.17) is 26.8 Å². The van der Waals surface area contributed by atoms with Gasteiger partial charge in [0.15, 0.2) is 11.5 Å². The lowest BCUT2D eigenvalue weighted by Gasteiger charge is -2.12. The van der Waals surface area contributed by atoms with Crippen molar-refractivity contribution in [2.45, 2.75) is 4.90 Å². The Morgan fingerprint density at radius 3 is 2.52 bits per heavy atom. The van der Waals surface area contributed by atoms with E-state index < -0.39 is 10.0 Å². The molecule has 6 nitrogen and oxygen atoms in total. The van der Waals surface area contributed by atoms with Crippen LogP contribution in [0.15, 0.2) is 41.3 Å². The number of halogens is 1. The van der Waals surface area contributed by atoms with Crippen molar-refractivity contribution in [1.82, 2.24) is 0 Å². The summed E-state index contributed by atoms with van der Waals surface area (Å²) in [5.74, 6) is 0.911. The number of nitrogen functional groups attached to an aromatic ring is 1. The topological polar surface area (TPSA) is 90.7 Å². The molecule has 0 aromatic heterocycles. The van der Waals surface area contributed by atoms with E-state index >= 15 is 0 Å². The van der Waals surface area contributed by atoms with Gasteiger partial charge in [0, 0.05) is 12.1 Å². The van der Waals surface area contributed by atoms with E-state index in [9.17, 15) is 8.42 Å². The van der Waals surface area contributed by atoms with Crippen LogP contribution in [0, 0.1) is 0 Å². The van der Waals surface area contributed by atoms with Crippen LogP contribution in [0.2, 0.25) is 5.02 Å². The minimum Gasteiger partial charge on any atom is -0.454 e. The summed E-state index contributed by atoms with van der Waals surface area (Å²) >= 11 is 5.91. The molecule has 8 heteroatoms. The highest BCUT2D eigenvalue weighted by molar-refractivity contribution is 7.92. The smallest absolute Gasteiger partial charge is 0.263 e. The Labute approximate surface area is 126 Å². The molecule has 0 saturated carbocycles. The van der Waals surface area contributed by atoms with Crippen LogP contribution in [0.1, 0.15) is 0 Å². The number of nitrogens with one attached hydrogen (secondary N) is 1. The SMILES string of the molecule is Nc1cc2c(cc1NS(=O)(=O)c1ccccc1Cl)OCO2. The number of fused-ring (bicyclic) bond motifs is 1. The molecule has 3 rings (SSSR count). The third-order valence-corrected chi connectivity index (χ3v) is 4.78. The molecule has 110 valence electrons. The lowest BCUT2D eigenvalue weighted by molar-refractivity contribution is 0.174. The first-order valence-corrected chi connectivity index (χ1v) is 7.80. The molecular formula is C13H11ClN2O4S. The second kappa shape index (κ2) is 5.01. The van der Waals surface area contributed by atoms with Crippen LogP contribution < -0.4 is 19.9 Å². The van der Waals surface area contributed by atoms with Gasteiger partial charge in [-0.25, -0.2) is 8.42 Å². The maximum absolute atomic E-state index is 12.4. The second-order valence-electron chi connectivity index (χ2n) is 4.33. The number of rotatable bonds is 3. The van der Waals surface area contributed by atoms with Crippen LogP contribution in [0.5, 0.6) is 11.5 Å². The molecule has 0 spiro atoms. The average molecular weight is 327 g/mol. The molecule has 0 atom stereocenters. The van der Waals surface area contributed by atoms with Crippen molar-refractivity contribution in [3.8, 4) is 11.5 Å². The molecule has 0 bridgehead atoms. The van der Waals surface area contributed by atoms with Crippen LogP contribution >= 0.6 is 11.6 Å². The molecule has 0 radical (unpaired) electrons. The van der Waals surface area contributed by atoms with Crippen molar-refractivity contribution >= 4 is 33.0 Å². The van der Waals surface area contributed by atoms with E-state index in [2.05, 4.69) is 4.72 Å². The van der Waals surface area contributed by atoms with Crippen molar-refractivity contribution < 1.29 is 17.9 Å². The van der Waals surface area contributed by atoms with Gasteiger partial charge in [-0.2, -0.15) is 0 Å². The van der Waals surface area contributed by atoms with Gasteiger partial charge in [-0.1, -0.05) is 23.7 Å². The summed E-state index contributed by atoms with van der Waals surface area (Å²) in [4.78, 5) is -0.0243. The molecule has 0 unspecified atom stereocenters. The largest absolute Gasteiger partial charge is 0.454 e. The molecule has 3 N–H and O–H groups in total. The van der Waals surface area contributed by atoms with Crippen LogP contribution in [0.3, 0.4) is 0 Å². The van der Waals surface area contributed by atoms with Crippen molar-refractivity contribution in [3.05, 3.63) is 41.4 Å². The van der Waals surface area contributed by atoms with Crippen molar-refractivity contribution in [2.75, 3.05) is 17.2 Å². The van der Waals surface area contributed by atoms with Crippen LogP contribution in [-0.4, -0.2) is 15.2 Å². The van der Waals surface area contributed by atoms with E-state index in [0.29, 0.717) is 11.5 Å². The van der Waals surface area contributed by atoms with E-state index in [1.165, 1.54) is 24.3 Å². The van der Waals surface area contributed by atoms with Gasteiger partial charge in [0.25, 0.3) is 10.0 Å². The predicted molar refractivity (Wildman–Crippen MR) is 79.2 cm³/mol. The summed E-state index contributed by atoms with van der Waals surface area (Å²) in [7, 11) is -3.84. The van der Waals surface area contributed by atoms with Gasteiger partial charge in [-0.05, 0) is 12.1 Å². The summed E-state index contributed by atoms with van der Waals surface area (Å²) in [5, 5.41) is 0.129. The first-order chi connectivity index (χ1) is 9.97. The number of hydrogen-bond donors (Lipinski definition) is 2. The van der Waals surface area contributed by atoms with Gasteiger partial charge in [-0.3, -0.25) is 4.72 Å². The molecule has 0 aliphatic carbocycles. The molecule has 0 fully saturated rings. The van der Waals surface area contributed by atoms with E-state index in [-0.39, 0.29) is 28.1 Å². The fourth-order valence-corrected chi connectivity index (χ4v) is 3.51. The molecule has 21 heavy (non-hydrogen) atoms. The summed E-state index contributed by atoms with van der Waals surface area (Å²) < 4.78 is 37.5. The Kier molecular flexibility index (Phi) is 3.30. The molecule has 2 aromatic carbocycles. The molecule has 1 heterocycles. The van der Waals surface area contributed by atoms with E-state index in [1.54, 1.807) is 12.1 Å². The molecule has 0 saturated heterocycles. The summed E-state index contributed by atoms with van der Waals surface area (Å²) in [6.45, 7) is 0.0789. The molecule has 0 amide bonds. The Balaban J connectivity index is 1.99. The standard InChI is InChI=1S/C13H11ClN2O4S/c14-8-3-1-2-4-13(8)21(17,18)16-10-6-12-11(5-9(10)15)19-7-20-12/h1-6,16H,7,15H2. The maximum atomic E-state index is 12.4.